The number of carbonyl (C=O) groups is 3. The molecule has 1 aliphatic rings. The first kappa shape index (κ1) is 23.2. The van der Waals surface area contributed by atoms with Crippen LogP contribution in [-0.2, 0) is 14.4 Å². The molecule has 0 bridgehead atoms. The van der Waals surface area contributed by atoms with Crippen molar-refractivity contribution in [1.82, 2.24) is 0 Å². The van der Waals surface area contributed by atoms with E-state index in [0.29, 0.717) is 5.56 Å². The maximum Gasteiger partial charge on any atom is 0.300 e. The highest BCUT2D eigenvalue weighted by atomic mass is 16.6. The average molecular weight is 473 g/mol. The number of nitrogens with zero attached hydrogens (tertiary/aromatic N) is 2. The number of hydrogen-bond donors (Lipinski definition) is 1. The van der Waals surface area contributed by atoms with Gasteiger partial charge in [-0.15, -0.1) is 0 Å². The molecular weight excluding hydrogens is 456 g/mol. The Morgan fingerprint density at radius 1 is 1.00 bits per heavy atom. The van der Waals surface area contributed by atoms with Gasteiger partial charge in [-0.1, -0.05) is 42.5 Å². The van der Waals surface area contributed by atoms with Crippen molar-refractivity contribution >= 4 is 34.8 Å². The first-order valence-corrected chi connectivity index (χ1v) is 10.3. The summed E-state index contributed by atoms with van der Waals surface area (Å²) in [5.41, 5.74) is 0.300. The maximum atomic E-state index is 13.1. The highest BCUT2D eigenvalue weighted by molar-refractivity contribution is 6.51. The number of Topliss-reactive ketones (excluding diaryl/α,β-unsaturated/α-hetero) is 1. The van der Waals surface area contributed by atoms with Gasteiger partial charge in [0.1, 0.15) is 18.1 Å². The minimum atomic E-state index is -1.41. The third-order valence-corrected chi connectivity index (χ3v) is 5.36. The fourth-order valence-corrected chi connectivity index (χ4v) is 3.82. The number of amides is 1. The Bertz CT molecular complexity index is 1350. The van der Waals surface area contributed by atoms with Crippen molar-refractivity contribution in [2.24, 2.45) is 0 Å². The summed E-state index contributed by atoms with van der Waals surface area (Å²) in [5.74, 6) is -3.54. The number of nitro benzene ring substituents is 1. The lowest BCUT2D eigenvalue weighted by Gasteiger charge is -2.25. The number of ether oxygens (including phenoxy) is 1. The summed E-state index contributed by atoms with van der Waals surface area (Å²) < 4.78 is 5.05. The number of ketones is 1. The Morgan fingerprint density at radius 2 is 1.69 bits per heavy atom. The van der Waals surface area contributed by atoms with Gasteiger partial charge in [-0.3, -0.25) is 24.6 Å². The van der Waals surface area contributed by atoms with E-state index >= 15 is 0 Å². The number of nitro groups is 1. The summed E-state index contributed by atoms with van der Waals surface area (Å²) in [6.45, 7) is -0.672. The number of non-ortho nitro benzene ring substituents is 1. The molecule has 1 aliphatic heterocycles. The Kier molecular flexibility index (Phi) is 6.27. The van der Waals surface area contributed by atoms with Gasteiger partial charge in [-0.2, -0.15) is 0 Å². The molecular formula is C25H17N2O8-. The monoisotopic (exact) mass is 473 g/mol. The van der Waals surface area contributed by atoms with Crippen LogP contribution in [0.25, 0.3) is 5.76 Å². The van der Waals surface area contributed by atoms with Gasteiger partial charge in [0.25, 0.3) is 17.4 Å². The number of carboxylic acid groups (broad SMARTS) is 1. The number of aliphatic carboxylic acids is 1. The summed E-state index contributed by atoms with van der Waals surface area (Å²) in [6.07, 6.45) is 0. The van der Waals surface area contributed by atoms with Crippen LogP contribution in [0.15, 0.2) is 84.4 Å². The minimum absolute atomic E-state index is 0.186. The lowest BCUT2D eigenvalue weighted by Crippen LogP contribution is -2.29. The number of carbonyl (C=O) groups excluding carboxylic acids is 3. The lowest BCUT2D eigenvalue weighted by molar-refractivity contribution is -0.384. The van der Waals surface area contributed by atoms with E-state index in [4.69, 9.17) is 4.74 Å². The SMILES string of the molecule is O=C([O-])COc1ccc(N2C(=O)C(=O)C(=C(O)c3ccccc3)C2c2cccc([N+](=O)[O-])c2)cc1. The van der Waals surface area contributed by atoms with E-state index in [-0.39, 0.29) is 28.3 Å². The molecule has 0 saturated carbocycles. The normalized spacial score (nSPS) is 16.8. The molecule has 3 aromatic carbocycles. The number of aliphatic hydroxyl groups is 1. The van der Waals surface area contributed by atoms with Crippen LogP contribution in [0.1, 0.15) is 17.2 Å². The number of carboxylic acids is 1. The zero-order valence-electron chi connectivity index (χ0n) is 18.0. The first-order valence-electron chi connectivity index (χ1n) is 10.3. The Hall–Kier alpha value is -4.99. The average Bonchev–Trinajstić information content (AvgIpc) is 3.13. The zero-order valence-corrected chi connectivity index (χ0v) is 18.0. The molecule has 1 saturated heterocycles. The van der Waals surface area contributed by atoms with Gasteiger partial charge in [0, 0.05) is 23.4 Å². The zero-order chi connectivity index (χ0) is 25.1. The summed E-state index contributed by atoms with van der Waals surface area (Å²) in [6, 6.07) is 18.1. The third-order valence-electron chi connectivity index (χ3n) is 5.36. The van der Waals surface area contributed by atoms with Crippen LogP contribution in [0.5, 0.6) is 5.75 Å². The lowest BCUT2D eigenvalue weighted by atomic mass is 9.95. The van der Waals surface area contributed by atoms with E-state index in [1.54, 1.807) is 30.3 Å². The van der Waals surface area contributed by atoms with E-state index in [9.17, 15) is 34.7 Å². The van der Waals surface area contributed by atoms with Gasteiger partial charge >= 0.3 is 0 Å². The standard InChI is InChI=1S/C25H18N2O8/c28-20(29)14-35-19-11-9-17(10-12-19)26-22(16-7-4-8-18(13-16)27(33)34)21(24(31)25(26)32)23(30)15-5-2-1-3-6-15/h1-13,22,30H,14H2,(H,28,29)/p-1. The molecule has 1 N–H and O–H groups in total. The quantitative estimate of drug-likeness (QED) is 0.181. The van der Waals surface area contributed by atoms with Crippen molar-refractivity contribution in [1.29, 1.82) is 0 Å². The molecule has 1 fully saturated rings. The molecule has 10 nitrogen and oxygen atoms in total. The predicted molar refractivity (Wildman–Crippen MR) is 121 cm³/mol. The Morgan fingerprint density at radius 3 is 2.31 bits per heavy atom. The molecule has 0 radical (unpaired) electrons. The molecule has 4 rings (SSSR count). The van der Waals surface area contributed by atoms with Crippen LogP contribution in [0.4, 0.5) is 11.4 Å². The molecule has 0 aliphatic carbocycles. The molecule has 1 atom stereocenters. The highest BCUT2D eigenvalue weighted by Crippen LogP contribution is 2.43. The van der Waals surface area contributed by atoms with Crippen molar-refractivity contribution in [2.75, 3.05) is 11.5 Å². The first-order chi connectivity index (χ1) is 16.8. The number of hydrogen-bond acceptors (Lipinski definition) is 8. The number of rotatable bonds is 7. The van der Waals surface area contributed by atoms with Gasteiger partial charge in [-0.25, -0.2) is 0 Å². The van der Waals surface area contributed by atoms with Crippen LogP contribution < -0.4 is 14.7 Å². The third kappa shape index (κ3) is 4.58. The molecule has 176 valence electrons. The largest absolute Gasteiger partial charge is 0.546 e. The van der Waals surface area contributed by atoms with Crippen LogP contribution in [-0.4, -0.2) is 34.3 Å². The van der Waals surface area contributed by atoms with Crippen LogP contribution in [0, 0.1) is 10.1 Å². The van der Waals surface area contributed by atoms with Gasteiger partial charge in [-0.05, 0) is 29.8 Å². The van der Waals surface area contributed by atoms with Gasteiger partial charge in [0.15, 0.2) is 0 Å². The van der Waals surface area contributed by atoms with Crippen LogP contribution >= 0.6 is 0 Å². The van der Waals surface area contributed by atoms with Gasteiger partial charge in [0.05, 0.1) is 22.5 Å². The maximum absolute atomic E-state index is 13.1. The predicted octanol–water partition coefficient (Wildman–Crippen LogP) is 2.35. The molecule has 10 heteroatoms. The molecule has 1 unspecified atom stereocenters. The fraction of sp³-hybridized carbons (Fsp3) is 0.0800. The smallest absolute Gasteiger partial charge is 0.300 e. The summed E-state index contributed by atoms with van der Waals surface area (Å²) in [4.78, 5) is 48.8. The van der Waals surface area contributed by atoms with E-state index in [0.717, 1.165) is 4.90 Å². The molecule has 1 heterocycles. The molecule has 1 amide bonds. The van der Waals surface area contributed by atoms with E-state index < -0.39 is 41.0 Å². The van der Waals surface area contributed by atoms with Crippen LogP contribution in [0.3, 0.4) is 0 Å². The second-order valence-electron chi connectivity index (χ2n) is 7.54. The second kappa shape index (κ2) is 9.48. The van der Waals surface area contributed by atoms with Gasteiger partial charge < -0.3 is 19.7 Å². The Labute approximate surface area is 198 Å². The second-order valence-corrected chi connectivity index (χ2v) is 7.54. The number of anilines is 1. The minimum Gasteiger partial charge on any atom is -0.546 e. The fourth-order valence-electron chi connectivity index (χ4n) is 3.82. The molecule has 3 aromatic rings. The topological polar surface area (TPSA) is 150 Å². The molecule has 0 spiro atoms. The van der Waals surface area contributed by atoms with E-state index in [2.05, 4.69) is 0 Å². The highest BCUT2D eigenvalue weighted by Gasteiger charge is 2.47. The van der Waals surface area contributed by atoms with Crippen LogP contribution in [0.2, 0.25) is 0 Å². The molecule has 35 heavy (non-hydrogen) atoms. The Balaban J connectivity index is 1.86. The number of aliphatic hydroxyl groups excluding tert-OH is 1. The van der Waals surface area contributed by atoms with Crippen molar-refractivity contribution in [3.63, 3.8) is 0 Å². The van der Waals surface area contributed by atoms with Crippen molar-refractivity contribution in [3.05, 3.63) is 106 Å². The summed E-state index contributed by atoms with van der Waals surface area (Å²) in [7, 11) is 0. The van der Waals surface area contributed by atoms with E-state index in [1.165, 1.54) is 48.5 Å². The molecule has 0 aromatic heterocycles. The van der Waals surface area contributed by atoms with Crippen molar-refractivity contribution in [2.45, 2.75) is 6.04 Å². The van der Waals surface area contributed by atoms with E-state index in [1.807, 2.05) is 0 Å². The van der Waals surface area contributed by atoms with Crippen molar-refractivity contribution in [3.8, 4) is 5.75 Å². The van der Waals surface area contributed by atoms with Gasteiger partial charge in [0.2, 0.25) is 0 Å². The summed E-state index contributed by atoms with van der Waals surface area (Å²) >= 11 is 0. The summed E-state index contributed by atoms with van der Waals surface area (Å²) in [5, 5.41) is 33.0. The number of benzene rings is 3. The van der Waals surface area contributed by atoms with Crippen molar-refractivity contribution < 1.29 is 34.3 Å².